The maximum atomic E-state index is 11.7. The first-order chi connectivity index (χ1) is 19.6. The molecule has 4 rings (SSSR count). The van der Waals surface area contributed by atoms with Gasteiger partial charge in [-0.2, -0.15) is 4.57 Å². The second kappa shape index (κ2) is 16.4. The van der Waals surface area contributed by atoms with Gasteiger partial charge >= 0.3 is 12.2 Å². The van der Waals surface area contributed by atoms with Crippen LogP contribution >= 0.6 is 11.8 Å². The first-order valence-electron chi connectivity index (χ1n) is 13.0. The van der Waals surface area contributed by atoms with Crippen molar-refractivity contribution in [3.05, 3.63) is 71.4 Å². The van der Waals surface area contributed by atoms with Crippen LogP contribution in [0.2, 0.25) is 0 Å². The zero-order chi connectivity index (χ0) is 28.2. The topological polar surface area (TPSA) is 83.8 Å². The third-order valence-electron chi connectivity index (χ3n) is 6.08. The molecule has 0 bridgehead atoms. The Morgan fingerprint density at radius 1 is 0.927 bits per heavy atom. The smallest absolute Gasteiger partial charge is 0.407 e. The Labute approximate surface area is 261 Å². The van der Waals surface area contributed by atoms with E-state index in [4.69, 9.17) is 22.3 Å². The van der Waals surface area contributed by atoms with E-state index in [1.165, 1.54) is 4.90 Å². The lowest BCUT2D eigenvalue weighted by molar-refractivity contribution is -0.672. The number of para-hydroxylation sites is 2. The molecule has 0 unspecified atom stereocenters. The molecule has 0 saturated carbocycles. The van der Waals surface area contributed by atoms with E-state index in [1.807, 2.05) is 24.3 Å². The van der Waals surface area contributed by atoms with E-state index in [2.05, 4.69) is 74.5 Å². The first kappa shape index (κ1) is 31.7. The van der Waals surface area contributed by atoms with E-state index in [1.54, 1.807) is 11.8 Å². The molecule has 0 saturated heterocycles. The summed E-state index contributed by atoms with van der Waals surface area (Å²) in [5.74, 6) is 4.70. The number of hydrogen-bond acceptors (Lipinski definition) is 6. The number of halogens is 1. The Kier molecular flexibility index (Phi) is 12.7. The molecule has 2 N–H and O–H groups in total. The average Bonchev–Trinajstić information content (AvgIpc) is 3.32. The van der Waals surface area contributed by atoms with Crippen molar-refractivity contribution in [1.82, 2.24) is 10.6 Å². The standard InChI is InChI=1S/C31H30N4O4S.HI/c1-3-16-32-30(36)38-21-9-18-34-20-15-24(25-11-5-6-12-26(25)34)23-29-35(27-13-7-8-14-28(27)40-29)19-10-22-39-31(37)33-17-4-2;/h1-2,5-8,11-15,20,23H,9-10,16-19,21-22H2,(H-,32,33,36,37);1H. The van der Waals surface area contributed by atoms with Gasteiger partial charge in [0.05, 0.1) is 42.4 Å². The maximum absolute atomic E-state index is 11.7. The second-order valence-corrected chi connectivity index (χ2v) is 9.84. The average molecular weight is 683 g/mol. The van der Waals surface area contributed by atoms with Crippen LogP contribution in [0.25, 0.3) is 17.0 Å². The van der Waals surface area contributed by atoms with Gasteiger partial charge in [0.25, 0.3) is 0 Å². The molecule has 2 heterocycles. The van der Waals surface area contributed by atoms with Gasteiger partial charge in [0.2, 0.25) is 5.52 Å². The molecule has 0 spiro atoms. The van der Waals surface area contributed by atoms with Crippen LogP contribution in [0.1, 0.15) is 18.4 Å². The van der Waals surface area contributed by atoms with Crippen molar-refractivity contribution in [2.24, 2.45) is 0 Å². The molecule has 10 heteroatoms. The van der Waals surface area contributed by atoms with Gasteiger partial charge < -0.3 is 49.0 Å². The van der Waals surface area contributed by atoms with E-state index in [9.17, 15) is 9.59 Å². The highest BCUT2D eigenvalue weighted by Gasteiger charge is 2.25. The Balaban J connectivity index is 0.00000462. The molecule has 0 fully saturated rings. The monoisotopic (exact) mass is 682 g/mol. The Hall–Kier alpha value is -3.87. The molecule has 3 aromatic rings. The highest BCUT2D eigenvalue weighted by atomic mass is 127. The predicted molar refractivity (Wildman–Crippen MR) is 157 cm³/mol. The summed E-state index contributed by atoms with van der Waals surface area (Å²) in [6.07, 6.45) is 14.9. The summed E-state index contributed by atoms with van der Waals surface area (Å²) in [5, 5.41) is 7.23. The molecule has 1 aromatic heterocycles. The SMILES string of the molecule is C#CCNC(=O)OCCCN1C(=Cc2cc[n+](CCCOC(=O)NCC#C)c3ccccc23)Sc2ccccc21.[I-]. The fourth-order valence-corrected chi connectivity index (χ4v) is 5.43. The van der Waals surface area contributed by atoms with Crippen molar-refractivity contribution in [2.75, 3.05) is 37.7 Å². The molecule has 1 aliphatic heterocycles. The molecule has 0 radical (unpaired) electrons. The number of pyridine rings is 1. The number of nitrogens with one attached hydrogen (secondary N) is 2. The number of aryl methyl sites for hydroxylation is 1. The minimum atomic E-state index is -0.507. The maximum Gasteiger partial charge on any atom is 0.407 e. The first-order valence-corrected chi connectivity index (χ1v) is 13.8. The van der Waals surface area contributed by atoms with Gasteiger partial charge in [0.1, 0.15) is 0 Å². The van der Waals surface area contributed by atoms with Crippen LogP contribution in [0.5, 0.6) is 0 Å². The zero-order valence-electron chi connectivity index (χ0n) is 22.5. The normalized spacial score (nSPS) is 12.5. The van der Waals surface area contributed by atoms with Gasteiger partial charge in [0.15, 0.2) is 12.7 Å². The number of ether oxygens (including phenoxy) is 2. The van der Waals surface area contributed by atoms with E-state index < -0.39 is 12.2 Å². The molecule has 41 heavy (non-hydrogen) atoms. The second-order valence-electron chi connectivity index (χ2n) is 8.78. The lowest BCUT2D eigenvalue weighted by atomic mass is 10.1. The number of nitrogens with zero attached hydrogens (tertiary/aromatic N) is 2. The van der Waals surface area contributed by atoms with E-state index in [0.29, 0.717) is 32.5 Å². The highest BCUT2D eigenvalue weighted by molar-refractivity contribution is 8.03. The summed E-state index contributed by atoms with van der Waals surface area (Å²) in [5.41, 5.74) is 3.33. The number of alkyl carbamates (subject to hydrolysis) is 2. The molecule has 2 aromatic carbocycles. The Morgan fingerprint density at radius 2 is 1.59 bits per heavy atom. The summed E-state index contributed by atoms with van der Waals surface area (Å²) in [6.45, 7) is 2.26. The largest absolute Gasteiger partial charge is 1.00 e. The van der Waals surface area contributed by atoms with Crippen LogP contribution in [0.3, 0.4) is 0 Å². The number of aromatic nitrogens is 1. The quantitative estimate of drug-likeness (QED) is 0.138. The number of terminal acetylenes is 2. The number of benzene rings is 2. The number of carbonyl (C=O) groups is 2. The molecular weight excluding hydrogens is 651 g/mol. The lowest BCUT2D eigenvalue weighted by Crippen LogP contribution is -3.00. The summed E-state index contributed by atoms with van der Waals surface area (Å²) in [6, 6.07) is 18.7. The molecular formula is C31H31IN4O4S. The number of anilines is 1. The van der Waals surface area contributed by atoms with E-state index in [0.717, 1.165) is 27.2 Å². The number of hydrogen-bond donors (Lipinski definition) is 2. The number of amides is 2. The van der Waals surface area contributed by atoms with Crippen molar-refractivity contribution in [2.45, 2.75) is 24.3 Å². The minimum Gasteiger partial charge on any atom is -1.00 e. The van der Waals surface area contributed by atoms with Gasteiger partial charge in [0, 0.05) is 30.0 Å². The van der Waals surface area contributed by atoms with Crippen molar-refractivity contribution < 1.29 is 47.6 Å². The number of rotatable bonds is 11. The van der Waals surface area contributed by atoms with Gasteiger partial charge in [-0.05, 0) is 36.3 Å². The van der Waals surface area contributed by atoms with Crippen LogP contribution in [-0.4, -0.2) is 45.0 Å². The third kappa shape index (κ3) is 8.81. The molecule has 8 nitrogen and oxygen atoms in total. The predicted octanol–water partition coefficient (Wildman–Crippen LogP) is 1.54. The fourth-order valence-electron chi connectivity index (χ4n) is 4.29. The van der Waals surface area contributed by atoms with Crippen molar-refractivity contribution in [3.63, 3.8) is 0 Å². The molecule has 0 atom stereocenters. The molecule has 0 aliphatic carbocycles. The molecule has 1 aliphatic rings. The zero-order valence-corrected chi connectivity index (χ0v) is 25.5. The van der Waals surface area contributed by atoms with Crippen LogP contribution in [0, 0.1) is 24.7 Å². The van der Waals surface area contributed by atoms with Gasteiger partial charge in [-0.15, -0.1) is 12.8 Å². The molecule has 2 amide bonds. The third-order valence-corrected chi connectivity index (χ3v) is 7.19. The number of thioether (sulfide) groups is 1. The van der Waals surface area contributed by atoms with Crippen LogP contribution in [-0.2, 0) is 16.0 Å². The van der Waals surface area contributed by atoms with Crippen molar-refractivity contribution in [3.8, 4) is 24.7 Å². The van der Waals surface area contributed by atoms with Crippen LogP contribution in [0.4, 0.5) is 15.3 Å². The summed E-state index contributed by atoms with van der Waals surface area (Å²) >= 11 is 1.72. The van der Waals surface area contributed by atoms with Gasteiger partial charge in [-0.1, -0.05) is 47.9 Å². The van der Waals surface area contributed by atoms with Gasteiger partial charge in [-0.3, -0.25) is 0 Å². The molecule has 212 valence electrons. The van der Waals surface area contributed by atoms with Crippen LogP contribution in [0.15, 0.2) is 70.7 Å². The number of carbonyl (C=O) groups excluding carboxylic acids is 2. The summed E-state index contributed by atoms with van der Waals surface area (Å²) in [4.78, 5) is 26.8. The van der Waals surface area contributed by atoms with E-state index in [-0.39, 0.29) is 43.7 Å². The van der Waals surface area contributed by atoms with Crippen LogP contribution < -0.4 is 44.1 Å². The van der Waals surface area contributed by atoms with Crippen molar-refractivity contribution >= 4 is 46.6 Å². The summed E-state index contributed by atoms with van der Waals surface area (Å²) < 4.78 is 12.6. The Bertz CT molecular complexity index is 1480. The summed E-state index contributed by atoms with van der Waals surface area (Å²) in [7, 11) is 0. The number of fused-ring (bicyclic) bond motifs is 2. The Morgan fingerprint density at radius 3 is 2.32 bits per heavy atom. The lowest BCUT2D eigenvalue weighted by Gasteiger charge is -2.20. The van der Waals surface area contributed by atoms with Gasteiger partial charge in [-0.25, -0.2) is 9.59 Å². The van der Waals surface area contributed by atoms with Crippen molar-refractivity contribution in [1.29, 1.82) is 0 Å². The highest BCUT2D eigenvalue weighted by Crippen LogP contribution is 2.46. The fraction of sp³-hybridized carbons (Fsp3) is 0.258. The van der Waals surface area contributed by atoms with E-state index >= 15 is 0 Å². The minimum absolute atomic E-state index is 0.